The molecule has 0 aliphatic carbocycles. The van der Waals surface area contributed by atoms with Gasteiger partial charge in [0.25, 0.3) is 0 Å². The molecule has 84 valence electrons. The fourth-order valence-electron chi connectivity index (χ4n) is 1.87. The van der Waals surface area contributed by atoms with Gasteiger partial charge in [-0.15, -0.1) is 0 Å². The fraction of sp³-hybridized carbons (Fsp3) is 0. The Morgan fingerprint density at radius 2 is 1.53 bits per heavy atom. The molecule has 0 saturated heterocycles. The van der Waals surface area contributed by atoms with Crippen molar-refractivity contribution < 1.29 is 13.2 Å². The Labute approximate surface area is 94.1 Å². The van der Waals surface area contributed by atoms with E-state index in [0.29, 0.717) is 16.2 Å². The van der Waals surface area contributed by atoms with Gasteiger partial charge in [-0.2, -0.15) is 0 Å². The van der Waals surface area contributed by atoms with E-state index in [1.54, 1.807) is 24.3 Å². The molecule has 0 fully saturated rings. The van der Waals surface area contributed by atoms with E-state index in [2.05, 4.69) is 0 Å². The second kappa shape index (κ2) is 3.38. The molecule has 17 heavy (non-hydrogen) atoms. The maximum atomic E-state index is 13.2. The Bertz CT molecular complexity index is 790. The number of hydrogen-bond acceptors (Lipinski definition) is 2. The van der Waals surface area contributed by atoms with Crippen LogP contribution < -0.4 is 5.63 Å². The normalized spacial score (nSPS) is 11.2. The first kappa shape index (κ1) is 9.96. The average molecular weight is 232 g/mol. The zero-order chi connectivity index (χ0) is 12.0. The van der Waals surface area contributed by atoms with Crippen molar-refractivity contribution >= 4 is 21.7 Å². The van der Waals surface area contributed by atoms with Gasteiger partial charge < -0.3 is 4.42 Å². The van der Waals surface area contributed by atoms with Gasteiger partial charge in [0.15, 0.2) is 11.6 Å². The van der Waals surface area contributed by atoms with Crippen LogP contribution in [-0.4, -0.2) is 0 Å². The molecule has 0 amide bonds. The van der Waals surface area contributed by atoms with Gasteiger partial charge in [-0.05, 0) is 12.1 Å². The lowest BCUT2D eigenvalue weighted by Gasteiger charge is -2.02. The Morgan fingerprint density at radius 3 is 2.29 bits per heavy atom. The summed E-state index contributed by atoms with van der Waals surface area (Å²) in [5.74, 6) is -1.99. The maximum absolute atomic E-state index is 13.2. The molecular weight excluding hydrogens is 226 g/mol. The molecule has 0 radical (unpaired) electrons. The summed E-state index contributed by atoms with van der Waals surface area (Å²) in [6, 6.07) is 8.59. The number of fused-ring (bicyclic) bond motifs is 3. The van der Waals surface area contributed by atoms with E-state index in [0.717, 1.165) is 12.1 Å². The first-order chi connectivity index (χ1) is 8.16. The number of rotatable bonds is 0. The predicted molar refractivity (Wildman–Crippen MR) is 59.9 cm³/mol. The molecule has 2 nitrogen and oxygen atoms in total. The molecule has 3 rings (SSSR count). The highest BCUT2D eigenvalue weighted by Crippen LogP contribution is 2.24. The number of hydrogen-bond donors (Lipinski definition) is 0. The predicted octanol–water partition coefficient (Wildman–Crippen LogP) is 3.22. The topological polar surface area (TPSA) is 30.2 Å². The van der Waals surface area contributed by atoms with E-state index in [4.69, 9.17) is 4.42 Å². The van der Waals surface area contributed by atoms with E-state index in [1.807, 2.05) is 0 Å². The Balaban J connectivity index is 2.64. The Hall–Kier alpha value is -2.23. The van der Waals surface area contributed by atoms with Crippen LogP contribution in [0.25, 0.3) is 21.7 Å². The quantitative estimate of drug-likeness (QED) is 0.440. The second-order valence-electron chi connectivity index (χ2n) is 3.70. The van der Waals surface area contributed by atoms with Crippen molar-refractivity contribution in [3.05, 3.63) is 58.5 Å². The van der Waals surface area contributed by atoms with Gasteiger partial charge in [-0.3, -0.25) is 0 Å². The van der Waals surface area contributed by atoms with Crippen LogP contribution in [0.2, 0.25) is 0 Å². The van der Waals surface area contributed by atoms with Crippen molar-refractivity contribution in [2.45, 2.75) is 0 Å². The van der Waals surface area contributed by atoms with Crippen molar-refractivity contribution in [1.82, 2.24) is 0 Å². The summed E-state index contributed by atoms with van der Waals surface area (Å²) in [6.45, 7) is 0. The second-order valence-corrected chi connectivity index (χ2v) is 3.70. The summed E-state index contributed by atoms with van der Waals surface area (Å²) >= 11 is 0. The first-order valence-corrected chi connectivity index (χ1v) is 4.97. The molecule has 1 heterocycles. The van der Waals surface area contributed by atoms with Crippen molar-refractivity contribution in [2.75, 3.05) is 0 Å². The van der Waals surface area contributed by atoms with Crippen molar-refractivity contribution in [3.63, 3.8) is 0 Å². The highest BCUT2D eigenvalue weighted by molar-refractivity contribution is 6.04. The minimum atomic E-state index is -1.03. The monoisotopic (exact) mass is 232 g/mol. The lowest BCUT2D eigenvalue weighted by Crippen LogP contribution is -2.00. The van der Waals surface area contributed by atoms with Crippen molar-refractivity contribution in [3.8, 4) is 0 Å². The summed E-state index contributed by atoms with van der Waals surface area (Å²) in [5.41, 5.74) is -0.508. The van der Waals surface area contributed by atoms with Gasteiger partial charge >= 0.3 is 5.63 Å². The lowest BCUT2D eigenvalue weighted by atomic mass is 10.1. The molecule has 0 aliphatic heterocycles. The Morgan fingerprint density at radius 1 is 0.882 bits per heavy atom. The molecule has 0 atom stereocenters. The van der Waals surface area contributed by atoms with Crippen LogP contribution in [0.1, 0.15) is 0 Å². The number of benzene rings is 2. The zero-order valence-corrected chi connectivity index (χ0v) is 8.54. The third-order valence-corrected chi connectivity index (χ3v) is 2.66. The van der Waals surface area contributed by atoms with Gasteiger partial charge in [-0.1, -0.05) is 18.2 Å². The van der Waals surface area contributed by atoms with Gasteiger partial charge in [0.2, 0.25) is 0 Å². The highest BCUT2D eigenvalue weighted by atomic mass is 19.2. The third kappa shape index (κ3) is 1.41. The van der Waals surface area contributed by atoms with Crippen LogP contribution in [0.15, 0.2) is 45.6 Å². The SMILES string of the molecule is O=c1oc2cc(F)c(F)cc2c2ccccc12. The summed E-state index contributed by atoms with van der Waals surface area (Å²) in [5, 5.41) is 1.29. The highest BCUT2D eigenvalue weighted by Gasteiger charge is 2.10. The summed E-state index contributed by atoms with van der Waals surface area (Å²) in [4.78, 5) is 11.6. The van der Waals surface area contributed by atoms with E-state index in [1.165, 1.54) is 0 Å². The molecule has 0 unspecified atom stereocenters. The van der Waals surface area contributed by atoms with Gasteiger partial charge in [0, 0.05) is 16.8 Å². The summed E-state index contributed by atoms with van der Waals surface area (Å²) in [6.07, 6.45) is 0. The lowest BCUT2D eigenvalue weighted by molar-refractivity contribution is 0.503. The van der Waals surface area contributed by atoms with Crippen LogP contribution in [-0.2, 0) is 0 Å². The van der Waals surface area contributed by atoms with Crippen LogP contribution in [0.5, 0.6) is 0 Å². The van der Waals surface area contributed by atoms with Crippen LogP contribution in [0.4, 0.5) is 8.78 Å². The molecule has 2 aromatic carbocycles. The van der Waals surface area contributed by atoms with Crippen molar-refractivity contribution in [2.24, 2.45) is 0 Å². The van der Waals surface area contributed by atoms with Gasteiger partial charge in [-0.25, -0.2) is 13.6 Å². The molecule has 0 N–H and O–H groups in total. The van der Waals surface area contributed by atoms with E-state index < -0.39 is 17.3 Å². The molecule has 0 aliphatic rings. The molecule has 1 aromatic heterocycles. The van der Waals surface area contributed by atoms with Crippen LogP contribution in [0.3, 0.4) is 0 Å². The van der Waals surface area contributed by atoms with E-state index in [-0.39, 0.29) is 5.58 Å². The standard InChI is InChI=1S/C13H6F2O2/c14-10-5-9-7-3-1-2-4-8(7)13(16)17-12(9)6-11(10)15/h1-6H. The van der Waals surface area contributed by atoms with Gasteiger partial charge in [0.1, 0.15) is 5.58 Å². The first-order valence-electron chi connectivity index (χ1n) is 4.97. The minimum Gasteiger partial charge on any atom is -0.422 e. The van der Waals surface area contributed by atoms with Crippen LogP contribution >= 0.6 is 0 Å². The molecular formula is C13H6F2O2. The Kier molecular flexibility index (Phi) is 1.98. The smallest absolute Gasteiger partial charge is 0.344 e. The summed E-state index contributed by atoms with van der Waals surface area (Å²) < 4.78 is 31.2. The minimum absolute atomic E-state index is 0.0487. The average Bonchev–Trinajstić information content (AvgIpc) is 2.32. The van der Waals surface area contributed by atoms with Gasteiger partial charge in [0.05, 0.1) is 5.39 Å². The largest absolute Gasteiger partial charge is 0.422 e. The molecule has 4 heteroatoms. The molecule has 0 bridgehead atoms. The van der Waals surface area contributed by atoms with Crippen LogP contribution in [0, 0.1) is 11.6 Å². The maximum Gasteiger partial charge on any atom is 0.344 e. The number of halogens is 2. The van der Waals surface area contributed by atoms with E-state index >= 15 is 0 Å². The molecule has 0 spiro atoms. The molecule has 0 saturated carbocycles. The van der Waals surface area contributed by atoms with Crippen molar-refractivity contribution in [1.29, 1.82) is 0 Å². The molecule has 3 aromatic rings. The third-order valence-electron chi connectivity index (χ3n) is 2.66. The van der Waals surface area contributed by atoms with E-state index in [9.17, 15) is 13.6 Å². The fourth-order valence-corrected chi connectivity index (χ4v) is 1.87. The summed E-state index contributed by atoms with van der Waals surface area (Å²) in [7, 11) is 0. The zero-order valence-electron chi connectivity index (χ0n) is 8.54.